The molecule has 1 heterocycles. The Balaban J connectivity index is 2.53. The molecule has 0 unspecified atom stereocenters. The lowest BCUT2D eigenvalue weighted by Crippen LogP contribution is -2.15. The Morgan fingerprint density at radius 1 is 1.30 bits per heavy atom. The van der Waals surface area contributed by atoms with Crippen molar-refractivity contribution in [3.63, 3.8) is 0 Å². The van der Waals surface area contributed by atoms with Gasteiger partial charge in [-0.2, -0.15) is 0 Å². The van der Waals surface area contributed by atoms with Crippen molar-refractivity contribution in [1.82, 2.24) is 4.98 Å². The highest BCUT2D eigenvalue weighted by Crippen LogP contribution is 2.27. The molecule has 6 heteroatoms. The Morgan fingerprint density at radius 2 is 2.00 bits per heavy atom. The number of thiocarbonyl (C=S) groups is 1. The smallest absolute Gasteiger partial charge is 0.146 e. The van der Waals surface area contributed by atoms with Gasteiger partial charge < -0.3 is 11.1 Å². The summed E-state index contributed by atoms with van der Waals surface area (Å²) in [6.07, 6.45) is 0. The monoisotopic (exact) mass is 353 g/mol. The predicted octanol–water partition coefficient (Wildman–Crippen LogP) is 3.98. The van der Waals surface area contributed by atoms with Gasteiger partial charge in [0.2, 0.25) is 0 Å². The van der Waals surface area contributed by atoms with Crippen LogP contribution in [0.4, 0.5) is 15.8 Å². The van der Waals surface area contributed by atoms with Crippen LogP contribution < -0.4 is 11.1 Å². The summed E-state index contributed by atoms with van der Waals surface area (Å²) in [6, 6.07) is 6.47. The standard InChI is InChI=1S/C14H13BrFN3S/c1-7-5-12(13(14(17)20)8(2)18-7)19-11-6-9(15)3-4-10(11)16/h3-6H,1-2H3,(H2,17,20)(H,18,19). The van der Waals surface area contributed by atoms with Crippen molar-refractivity contribution in [1.29, 1.82) is 0 Å². The van der Waals surface area contributed by atoms with E-state index < -0.39 is 0 Å². The normalized spacial score (nSPS) is 10.4. The van der Waals surface area contributed by atoms with Crippen LogP contribution in [0.1, 0.15) is 17.0 Å². The van der Waals surface area contributed by atoms with Crippen LogP contribution in [-0.4, -0.2) is 9.97 Å². The van der Waals surface area contributed by atoms with Gasteiger partial charge in [-0.1, -0.05) is 28.1 Å². The largest absolute Gasteiger partial charge is 0.389 e. The lowest BCUT2D eigenvalue weighted by atomic mass is 10.1. The second kappa shape index (κ2) is 5.85. The molecule has 0 fully saturated rings. The third-order valence-corrected chi connectivity index (χ3v) is 3.47. The first kappa shape index (κ1) is 14.9. The molecule has 20 heavy (non-hydrogen) atoms. The number of rotatable bonds is 3. The molecule has 0 saturated carbocycles. The number of pyridine rings is 1. The summed E-state index contributed by atoms with van der Waals surface area (Å²) >= 11 is 8.37. The first-order chi connectivity index (χ1) is 9.38. The number of aromatic nitrogens is 1. The van der Waals surface area contributed by atoms with Crippen molar-refractivity contribution in [2.75, 3.05) is 5.32 Å². The van der Waals surface area contributed by atoms with Crippen molar-refractivity contribution in [2.45, 2.75) is 13.8 Å². The zero-order valence-electron chi connectivity index (χ0n) is 11.0. The molecular weight excluding hydrogens is 341 g/mol. The molecule has 0 bridgehead atoms. The summed E-state index contributed by atoms with van der Waals surface area (Å²) in [5.74, 6) is -0.353. The molecule has 1 aromatic carbocycles. The van der Waals surface area contributed by atoms with Gasteiger partial charge in [0.25, 0.3) is 0 Å². The lowest BCUT2D eigenvalue weighted by Gasteiger charge is -2.15. The van der Waals surface area contributed by atoms with Crippen LogP contribution in [0.15, 0.2) is 28.7 Å². The zero-order valence-corrected chi connectivity index (χ0v) is 13.4. The summed E-state index contributed by atoms with van der Waals surface area (Å²) in [5.41, 5.74) is 8.89. The van der Waals surface area contributed by atoms with E-state index in [9.17, 15) is 4.39 Å². The van der Waals surface area contributed by atoms with Gasteiger partial charge in [-0.05, 0) is 38.1 Å². The average molecular weight is 354 g/mol. The molecule has 0 atom stereocenters. The number of nitrogens with one attached hydrogen (secondary N) is 1. The highest BCUT2D eigenvalue weighted by atomic mass is 79.9. The van der Waals surface area contributed by atoms with Crippen LogP contribution in [0.25, 0.3) is 0 Å². The van der Waals surface area contributed by atoms with E-state index in [0.717, 1.165) is 15.9 Å². The maximum absolute atomic E-state index is 13.8. The summed E-state index contributed by atoms with van der Waals surface area (Å²) in [4.78, 5) is 4.56. The lowest BCUT2D eigenvalue weighted by molar-refractivity contribution is 0.631. The number of nitrogens with two attached hydrogens (primary N) is 1. The van der Waals surface area contributed by atoms with Crippen LogP contribution in [0.2, 0.25) is 0 Å². The van der Waals surface area contributed by atoms with Gasteiger partial charge >= 0.3 is 0 Å². The Labute approximate surface area is 130 Å². The molecule has 3 N–H and O–H groups in total. The molecule has 0 aliphatic heterocycles. The number of aryl methyl sites for hydroxylation is 2. The maximum atomic E-state index is 13.8. The molecule has 2 rings (SSSR count). The van der Waals surface area contributed by atoms with E-state index >= 15 is 0 Å². The van der Waals surface area contributed by atoms with E-state index in [1.165, 1.54) is 6.07 Å². The molecule has 0 saturated heterocycles. The molecule has 0 spiro atoms. The second-order valence-corrected chi connectivity index (χ2v) is 5.74. The molecule has 0 amide bonds. The topological polar surface area (TPSA) is 50.9 Å². The van der Waals surface area contributed by atoms with Crippen molar-refractivity contribution in [3.8, 4) is 0 Å². The zero-order chi connectivity index (χ0) is 14.9. The first-order valence-electron chi connectivity index (χ1n) is 5.88. The third kappa shape index (κ3) is 3.13. The van der Waals surface area contributed by atoms with Crippen molar-refractivity contribution in [2.24, 2.45) is 5.73 Å². The van der Waals surface area contributed by atoms with Gasteiger partial charge in [-0.25, -0.2) is 4.39 Å². The number of benzene rings is 1. The molecule has 0 radical (unpaired) electrons. The van der Waals surface area contributed by atoms with Crippen molar-refractivity contribution in [3.05, 3.63) is 51.5 Å². The number of anilines is 2. The summed E-state index contributed by atoms with van der Waals surface area (Å²) in [5, 5.41) is 3.03. The van der Waals surface area contributed by atoms with Crippen LogP contribution in [0, 0.1) is 19.7 Å². The average Bonchev–Trinajstić information content (AvgIpc) is 2.32. The Hall–Kier alpha value is -1.53. The van der Waals surface area contributed by atoms with Crippen molar-refractivity contribution >= 4 is 44.5 Å². The minimum atomic E-state index is -0.353. The Bertz CT molecular complexity index is 688. The van der Waals surface area contributed by atoms with Gasteiger partial charge in [0, 0.05) is 15.9 Å². The van der Waals surface area contributed by atoms with Gasteiger partial charge in [-0.3, -0.25) is 4.98 Å². The van der Waals surface area contributed by atoms with E-state index in [0.29, 0.717) is 16.9 Å². The van der Waals surface area contributed by atoms with Crippen LogP contribution in [0.3, 0.4) is 0 Å². The van der Waals surface area contributed by atoms with Gasteiger partial charge in [0.15, 0.2) is 0 Å². The molecule has 0 aliphatic rings. The Morgan fingerprint density at radius 3 is 2.65 bits per heavy atom. The van der Waals surface area contributed by atoms with E-state index in [-0.39, 0.29) is 10.8 Å². The third-order valence-electron chi connectivity index (χ3n) is 2.77. The summed E-state index contributed by atoms with van der Waals surface area (Å²) < 4.78 is 14.6. The maximum Gasteiger partial charge on any atom is 0.146 e. The van der Waals surface area contributed by atoms with Gasteiger partial charge in [0.1, 0.15) is 10.8 Å². The van der Waals surface area contributed by atoms with Crippen LogP contribution in [0.5, 0.6) is 0 Å². The highest BCUT2D eigenvalue weighted by molar-refractivity contribution is 9.10. The van der Waals surface area contributed by atoms with E-state index in [2.05, 4.69) is 26.2 Å². The molecule has 3 nitrogen and oxygen atoms in total. The fraction of sp³-hybridized carbons (Fsp3) is 0.143. The predicted molar refractivity (Wildman–Crippen MR) is 87.0 cm³/mol. The van der Waals surface area contributed by atoms with Crippen LogP contribution in [-0.2, 0) is 0 Å². The van der Waals surface area contributed by atoms with E-state index in [1.54, 1.807) is 18.2 Å². The second-order valence-electron chi connectivity index (χ2n) is 4.39. The molecular formula is C14H13BrFN3S. The van der Waals surface area contributed by atoms with Crippen molar-refractivity contribution < 1.29 is 4.39 Å². The number of hydrogen-bond donors (Lipinski definition) is 2. The molecule has 1 aromatic heterocycles. The number of halogens is 2. The van der Waals surface area contributed by atoms with E-state index in [1.807, 2.05) is 13.8 Å². The van der Waals surface area contributed by atoms with Crippen LogP contribution >= 0.6 is 28.1 Å². The first-order valence-corrected chi connectivity index (χ1v) is 7.08. The minimum absolute atomic E-state index is 0.230. The number of hydrogen-bond acceptors (Lipinski definition) is 3. The fourth-order valence-electron chi connectivity index (χ4n) is 1.98. The SMILES string of the molecule is Cc1cc(Nc2cc(Br)ccc2F)c(C(N)=S)c(C)n1. The van der Waals surface area contributed by atoms with Gasteiger partial charge in [-0.15, -0.1) is 0 Å². The highest BCUT2D eigenvalue weighted by Gasteiger charge is 2.13. The quantitative estimate of drug-likeness (QED) is 0.819. The fourth-order valence-corrected chi connectivity index (χ4v) is 2.60. The van der Waals surface area contributed by atoms with E-state index in [4.69, 9.17) is 18.0 Å². The molecule has 2 aromatic rings. The van der Waals surface area contributed by atoms with Gasteiger partial charge in [0.05, 0.1) is 16.9 Å². The molecule has 104 valence electrons. The number of nitrogens with zero attached hydrogens (tertiary/aromatic N) is 1. The summed E-state index contributed by atoms with van der Waals surface area (Å²) in [6.45, 7) is 3.68. The minimum Gasteiger partial charge on any atom is -0.389 e. The summed E-state index contributed by atoms with van der Waals surface area (Å²) in [7, 11) is 0. The molecule has 0 aliphatic carbocycles. The Kier molecular flexibility index (Phi) is 4.35.